The van der Waals surface area contributed by atoms with Gasteiger partial charge in [-0.05, 0) is 36.4 Å². The second-order valence-electron chi connectivity index (χ2n) is 6.64. The van der Waals surface area contributed by atoms with E-state index in [2.05, 4.69) is 5.32 Å². The van der Waals surface area contributed by atoms with Gasteiger partial charge in [0, 0.05) is 17.8 Å². The molecule has 0 saturated heterocycles. The number of hydrogen-bond acceptors (Lipinski definition) is 4. The molecule has 7 heteroatoms. The summed E-state index contributed by atoms with van der Waals surface area (Å²) in [5.74, 6) is -0.636. The fraction of sp³-hybridized carbons (Fsp3) is 0.136. The van der Waals surface area contributed by atoms with Gasteiger partial charge < -0.3 is 5.32 Å². The molecule has 0 spiro atoms. The molecule has 0 radical (unpaired) electrons. The number of nitro groups is 1. The molecule has 1 amide bonds. The molecule has 0 aliphatic rings. The van der Waals surface area contributed by atoms with Gasteiger partial charge in [0.2, 0.25) is 5.91 Å². The molecule has 0 aliphatic heterocycles. The van der Waals surface area contributed by atoms with Gasteiger partial charge in [0.1, 0.15) is 5.82 Å². The van der Waals surface area contributed by atoms with Crippen LogP contribution in [0.5, 0.6) is 0 Å². The van der Waals surface area contributed by atoms with Crippen molar-refractivity contribution in [2.75, 3.05) is 18.9 Å². The monoisotopic (exact) mass is 393 g/mol. The molecule has 0 saturated carbocycles. The lowest BCUT2D eigenvalue weighted by molar-refractivity contribution is -0.384. The molecule has 29 heavy (non-hydrogen) atoms. The second-order valence-corrected chi connectivity index (χ2v) is 6.64. The molecule has 0 bridgehead atoms. The van der Waals surface area contributed by atoms with Crippen molar-refractivity contribution in [3.63, 3.8) is 0 Å². The van der Waals surface area contributed by atoms with E-state index in [4.69, 9.17) is 0 Å². The Hall–Kier alpha value is -3.58. The first-order chi connectivity index (χ1) is 13.9. The SMILES string of the molecule is CN(CC(=O)Nc1cccc([N+](=O)[O-])c1)C(c1ccccc1)c1ccc(F)cc1. The normalized spacial score (nSPS) is 11.8. The molecule has 1 atom stereocenters. The summed E-state index contributed by atoms with van der Waals surface area (Å²) in [5, 5.41) is 13.6. The third kappa shape index (κ3) is 5.24. The number of non-ortho nitro benzene ring substituents is 1. The lowest BCUT2D eigenvalue weighted by Gasteiger charge is -2.28. The van der Waals surface area contributed by atoms with Crippen molar-refractivity contribution in [1.82, 2.24) is 4.90 Å². The smallest absolute Gasteiger partial charge is 0.271 e. The van der Waals surface area contributed by atoms with Gasteiger partial charge in [-0.2, -0.15) is 0 Å². The lowest BCUT2D eigenvalue weighted by atomic mass is 9.97. The highest BCUT2D eigenvalue weighted by Gasteiger charge is 2.21. The van der Waals surface area contributed by atoms with Gasteiger partial charge in [-0.15, -0.1) is 0 Å². The van der Waals surface area contributed by atoms with Crippen molar-refractivity contribution in [2.24, 2.45) is 0 Å². The van der Waals surface area contributed by atoms with Crippen LogP contribution in [-0.4, -0.2) is 29.3 Å². The molecule has 0 aliphatic carbocycles. The summed E-state index contributed by atoms with van der Waals surface area (Å²) < 4.78 is 13.4. The number of nitro benzene ring substituents is 1. The molecule has 1 unspecified atom stereocenters. The van der Waals surface area contributed by atoms with Gasteiger partial charge in [0.05, 0.1) is 17.5 Å². The Balaban J connectivity index is 1.78. The van der Waals surface area contributed by atoms with Crippen molar-refractivity contribution in [1.29, 1.82) is 0 Å². The number of anilines is 1. The van der Waals surface area contributed by atoms with Crippen LogP contribution in [0, 0.1) is 15.9 Å². The van der Waals surface area contributed by atoms with Crippen molar-refractivity contribution < 1.29 is 14.1 Å². The molecule has 0 heterocycles. The molecule has 3 aromatic rings. The highest BCUT2D eigenvalue weighted by atomic mass is 19.1. The standard InChI is InChI=1S/C22H20FN3O3/c1-25(15-21(27)24-19-8-5-9-20(14-19)26(28)29)22(16-6-3-2-4-7-16)17-10-12-18(23)13-11-17/h2-14,22H,15H2,1H3,(H,24,27). The minimum Gasteiger partial charge on any atom is -0.325 e. The predicted molar refractivity (Wildman–Crippen MR) is 109 cm³/mol. The first-order valence-corrected chi connectivity index (χ1v) is 8.99. The quantitative estimate of drug-likeness (QED) is 0.477. The molecular weight excluding hydrogens is 373 g/mol. The molecule has 148 valence electrons. The minimum absolute atomic E-state index is 0.0413. The summed E-state index contributed by atoms with van der Waals surface area (Å²) in [7, 11) is 1.80. The van der Waals surface area contributed by atoms with Crippen molar-refractivity contribution in [3.05, 3.63) is 106 Å². The van der Waals surface area contributed by atoms with Crippen LogP contribution in [0.4, 0.5) is 15.8 Å². The third-order valence-corrected chi connectivity index (χ3v) is 4.48. The number of carbonyl (C=O) groups excluding carboxylic acids is 1. The van der Waals surface area contributed by atoms with E-state index < -0.39 is 4.92 Å². The minimum atomic E-state index is -0.512. The molecular formula is C22H20FN3O3. The van der Waals surface area contributed by atoms with Crippen LogP contribution in [-0.2, 0) is 4.79 Å². The van der Waals surface area contributed by atoms with Crippen LogP contribution in [0.3, 0.4) is 0 Å². The average molecular weight is 393 g/mol. The van der Waals surface area contributed by atoms with E-state index in [1.54, 1.807) is 25.2 Å². The number of nitrogens with zero attached hydrogens (tertiary/aromatic N) is 2. The average Bonchev–Trinajstić information content (AvgIpc) is 2.70. The number of halogens is 1. The number of nitrogens with one attached hydrogen (secondary N) is 1. The number of amides is 1. The van der Waals surface area contributed by atoms with Gasteiger partial charge >= 0.3 is 0 Å². The number of hydrogen-bond donors (Lipinski definition) is 1. The topological polar surface area (TPSA) is 75.5 Å². The highest BCUT2D eigenvalue weighted by molar-refractivity contribution is 5.92. The summed E-state index contributed by atoms with van der Waals surface area (Å²) >= 11 is 0. The summed E-state index contributed by atoms with van der Waals surface area (Å²) in [6, 6.07) is 21.3. The zero-order chi connectivity index (χ0) is 20.8. The summed E-state index contributed by atoms with van der Waals surface area (Å²) in [5.41, 5.74) is 2.08. The fourth-order valence-corrected chi connectivity index (χ4v) is 3.20. The molecule has 0 fully saturated rings. The van der Waals surface area contributed by atoms with Gasteiger partial charge in [-0.3, -0.25) is 19.8 Å². The van der Waals surface area contributed by atoms with Gasteiger partial charge in [-0.25, -0.2) is 4.39 Å². The maximum atomic E-state index is 13.4. The predicted octanol–water partition coefficient (Wildman–Crippen LogP) is 4.39. The Labute approximate surface area is 167 Å². The van der Waals surface area contributed by atoms with Crippen molar-refractivity contribution >= 4 is 17.3 Å². The first-order valence-electron chi connectivity index (χ1n) is 8.99. The Morgan fingerprint density at radius 2 is 1.69 bits per heavy atom. The van der Waals surface area contributed by atoms with Crippen LogP contribution in [0.2, 0.25) is 0 Å². The largest absolute Gasteiger partial charge is 0.325 e. The van der Waals surface area contributed by atoms with Crippen LogP contribution >= 0.6 is 0 Å². The van der Waals surface area contributed by atoms with Gasteiger partial charge in [-0.1, -0.05) is 48.5 Å². The fourth-order valence-electron chi connectivity index (χ4n) is 3.20. The molecule has 3 aromatic carbocycles. The van der Waals surface area contributed by atoms with E-state index in [0.717, 1.165) is 11.1 Å². The maximum Gasteiger partial charge on any atom is 0.271 e. The number of rotatable bonds is 7. The summed E-state index contributed by atoms with van der Waals surface area (Å²) in [4.78, 5) is 24.8. The second kappa shape index (κ2) is 9.07. The van der Waals surface area contributed by atoms with Crippen LogP contribution in [0.25, 0.3) is 0 Å². The Morgan fingerprint density at radius 1 is 1.03 bits per heavy atom. The third-order valence-electron chi connectivity index (χ3n) is 4.48. The molecule has 0 aromatic heterocycles. The van der Waals surface area contributed by atoms with Crippen LogP contribution < -0.4 is 5.32 Å². The first kappa shape index (κ1) is 20.2. The van der Waals surface area contributed by atoms with E-state index in [-0.39, 0.29) is 30.0 Å². The Bertz CT molecular complexity index is 994. The van der Waals surface area contributed by atoms with Gasteiger partial charge in [0.15, 0.2) is 0 Å². The van der Waals surface area contributed by atoms with Crippen molar-refractivity contribution in [3.8, 4) is 0 Å². The highest BCUT2D eigenvalue weighted by Crippen LogP contribution is 2.27. The lowest BCUT2D eigenvalue weighted by Crippen LogP contribution is -2.34. The number of likely N-dealkylation sites (N-methyl/N-ethyl adjacent to an activating group) is 1. The zero-order valence-electron chi connectivity index (χ0n) is 15.8. The van der Waals surface area contributed by atoms with Gasteiger partial charge in [0.25, 0.3) is 5.69 Å². The van der Waals surface area contributed by atoms with E-state index in [0.29, 0.717) is 5.69 Å². The Kier molecular flexibility index (Phi) is 6.31. The maximum absolute atomic E-state index is 13.4. The van der Waals surface area contributed by atoms with Crippen LogP contribution in [0.1, 0.15) is 17.2 Å². The molecule has 3 rings (SSSR count). The van der Waals surface area contributed by atoms with E-state index in [9.17, 15) is 19.3 Å². The van der Waals surface area contributed by atoms with E-state index in [1.807, 2.05) is 35.2 Å². The molecule has 6 nitrogen and oxygen atoms in total. The van der Waals surface area contributed by atoms with E-state index >= 15 is 0 Å². The number of carbonyl (C=O) groups is 1. The summed E-state index contributed by atoms with van der Waals surface area (Å²) in [6.45, 7) is 0.0413. The summed E-state index contributed by atoms with van der Waals surface area (Å²) in [6.07, 6.45) is 0. The Morgan fingerprint density at radius 3 is 2.34 bits per heavy atom. The van der Waals surface area contributed by atoms with Crippen molar-refractivity contribution in [2.45, 2.75) is 6.04 Å². The van der Waals surface area contributed by atoms with E-state index in [1.165, 1.54) is 30.3 Å². The zero-order valence-corrected chi connectivity index (χ0v) is 15.8. The number of benzene rings is 3. The van der Waals surface area contributed by atoms with Crippen LogP contribution in [0.15, 0.2) is 78.9 Å². The molecule has 1 N–H and O–H groups in total.